The van der Waals surface area contributed by atoms with Crippen molar-refractivity contribution in [3.8, 4) is 17.3 Å². The van der Waals surface area contributed by atoms with Gasteiger partial charge in [-0.1, -0.05) is 36.9 Å². The minimum Gasteiger partial charge on any atom is -0.383 e. The Morgan fingerprint density at radius 2 is 1.82 bits per heavy atom. The van der Waals surface area contributed by atoms with Gasteiger partial charge in [0.2, 0.25) is 5.91 Å². The van der Waals surface area contributed by atoms with Gasteiger partial charge < -0.3 is 20.9 Å². The number of nitrogens with zero attached hydrogens (tertiary/aromatic N) is 3. The van der Waals surface area contributed by atoms with Crippen molar-refractivity contribution in [3.05, 3.63) is 90.1 Å². The summed E-state index contributed by atoms with van der Waals surface area (Å²) in [7, 11) is 1.50. The molecule has 192 valence electrons. The Morgan fingerprint density at radius 3 is 2.39 bits per heavy atom. The molecule has 38 heavy (non-hydrogen) atoms. The number of carbonyl (C=O) groups excluding carboxylic acids is 2. The summed E-state index contributed by atoms with van der Waals surface area (Å²) in [6.45, 7) is 3.38. The number of nitrogens with one attached hydrogen (secondary N) is 2. The number of aryl methyl sites for hydroxylation is 1. The lowest BCUT2D eigenvalue weighted by atomic mass is 9.97. The largest absolute Gasteiger partial charge is 0.412 e. The summed E-state index contributed by atoms with van der Waals surface area (Å²) in [6.07, 6.45) is -2.68. The van der Waals surface area contributed by atoms with Gasteiger partial charge in [-0.3, -0.25) is 9.59 Å². The average Bonchev–Trinajstić information content (AvgIpc) is 3.21. The number of nitrogen functional groups attached to an aromatic ring is 1. The van der Waals surface area contributed by atoms with Gasteiger partial charge in [0, 0.05) is 35.4 Å². The first-order chi connectivity index (χ1) is 18.1. The maximum atomic E-state index is 14.7. The topological polar surface area (TPSA) is 126 Å². The molecule has 0 saturated carbocycles. The van der Waals surface area contributed by atoms with Gasteiger partial charge in [0.05, 0.1) is 16.8 Å². The molecule has 0 spiro atoms. The number of halogens is 3. The van der Waals surface area contributed by atoms with E-state index in [4.69, 9.17) is 5.73 Å². The quantitative estimate of drug-likeness (QED) is 0.315. The molecule has 2 amide bonds. The number of anilines is 2. The highest BCUT2D eigenvalue weighted by atomic mass is 19.4. The number of carbonyl (C=O) groups is 2. The standard InChI is InChI=1S/C27H21F3N6O2/c1-3-19(37)34-18-11-9-15(10-12-18)22-20(21-23(36(22)2)17(13-31)14-33-25(21)32)24(27(28,29)30)35-26(38)16-7-5-4-6-8-16/h3-12,14,24H,1H2,2H3,(H2,32,33)(H,34,37)(H,35,38). The van der Waals surface area contributed by atoms with E-state index in [1.165, 1.54) is 66.3 Å². The maximum absolute atomic E-state index is 14.7. The van der Waals surface area contributed by atoms with Crippen molar-refractivity contribution in [1.29, 1.82) is 5.26 Å². The lowest BCUT2D eigenvalue weighted by Crippen LogP contribution is -2.38. The Bertz CT molecular complexity index is 1590. The van der Waals surface area contributed by atoms with Crippen molar-refractivity contribution >= 4 is 34.2 Å². The molecule has 1 atom stereocenters. The van der Waals surface area contributed by atoms with Crippen LogP contribution in [-0.4, -0.2) is 27.5 Å². The lowest BCUT2D eigenvalue weighted by Gasteiger charge is -2.24. The van der Waals surface area contributed by atoms with E-state index in [0.717, 1.165) is 6.08 Å². The van der Waals surface area contributed by atoms with E-state index in [0.29, 0.717) is 11.3 Å². The van der Waals surface area contributed by atoms with Crippen LogP contribution in [0.1, 0.15) is 27.5 Å². The van der Waals surface area contributed by atoms with E-state index >= 15 is 0 Å². The molecule has 0 aliphatic heterocycles. The van der Waals surface area contributed by atoms with E-state index in [2.05, 4.69) is 22.2 Å². The molecular formula is C27H21F3N6O2. The third kappa shape index (κ3) is 4.79. The number of nitriles is 1. The molecule has 4 N–H and O–H groups in total. The first-order valence-corrected chi connectivity index (χ1v) is 11.2. The normalized spacial score (nSPS) is 12.0. The highest BCUT2D eigenvalue weighted by Gasteiger charge is 2.46. The molecule has 0 fully saturated rings. The van der Waals surface area contributed by atoms with Crippen molar-refractivity contribution in [3.63, 3.8) is 0 Å². The molecule has 0 aliphatic rings. The number of aromatic nitrogens is 2. The summed E-state index contributed by atoms with van der Waals surface area (Å²) in [4.78, 5) is 28.5. The summed E-state index contributed by atoms with van der Waals surface area (Å²) in [5, 5.41) is 14.3. The second-order valence-electron chi connectivity index (χ2n) is 8.30. The van der Waals surface area contributed by atoms with Crippen molar-refractivity contribution in [1.82, 2.24) is 14.9 Å². The van der Waals surface area contributed by atoms with Crippen LogP contribution in [0, 0.1) is 11.3 Å². The van der Waals surface area contributed by atoms with Crippen LogP contribution in [0.4, 0.5) is 24.7 Å². The second kappa shape index (κ2) is 10.1. The van der Waals surface area contributed by atoms with Gasteiger partial charge in [-0.05, 0) is 35.9 Å². The van der Waals surface area contributed by atoms with Crippen LogP contribution in [0.3, 0.4) is 0 Å². The molecule has 11 heteroatoms. The predicted octanol–water partition coefficient (Wildman–Crippen LogP) is 4.85. The Balaban J connectivity index is 1.98. The molecule has 2 aromatic carbocycles. The minimum absolute atomic E-state index is 0.00868. The van der Waals surface area contributed by atoms with Gasteiger partial charge >= 0.3 is 6.18 Å². The zero-order valence-corrected chi connectivity index (χ0v) is 20.0. The summed E-state index contributed by atoms with van der Waals surface area (Å²) in [6, 6.07) is 13.0. The van der Waals surface area contributed by atoms with E-state index in [-0.39, 0.29) is 39.1 Å². The molecule has 4 aromatic rings. The van der Waals surface area contributed by atoms with Gasteiger partial charge in [-0.25, -0.2) is 4.98 Å². The molecule has 4 rings (SSSR count). The Morgan fingerprint density at radius 1 is 1.16 bits per heavy atom. The maximum Gasteiger partial charge on any atom is 0.412 e. The van der Waals surface area contributed by atoms with E-state index < -0.39 is 24.0 Å². The number of alkyl halides is 3. The number of amides is 2. The molecule has 0 aliphatic carbocycles. The number of rotatable bonds is 6. The van der Waals surface area contributed by atoms with E-state index in [1.54, 1.807) is 6.07 Å². The van der Waals surface area contributed by atoms with Crippen molar-refractivity contribution in [2.45, 2.75) is 12.2 Å². The highest BCUT2D eigenvalue weighted by Crippen LogP contribution is 2.45. The monoisotopic (exact) mass is 518 g/mol. The third-order valence-electron chi connectivity index (χ3n) is 5.94. The fraction of sp³-hybridized carbons (Fsp3) is 0.111. The molecule has 0 saturated heterocycles. The highest BCUT2D eigenvalue weighted by molar-refractivity contribution is 6.03. The number of benzene rings is 2. The van der Waals surface area contributed by atoms with Crippen LogP contribution in [0.25, 0.3) is 22.2 Å². The fourth-order valence-electron chi connectivity index (χ4n) is 4.28. The summed E-state index contributed by atoms with van der Waals surface area (Å²) < 4.78 is 45.4. The molecule has 2 heterocycles. The first-order valence-electron chi connectivity index (χ1n) is 11.2. The van der Waals surface area contributed by atoms with E-state index in [9.17, 15) is 28.0 Å². The van der Waals surface area contributed by atoms with Gasteiger partial charge in [0.1, 0.15) is 11.9 Å². The van der Waals surface area contributed by atoms with Gasteiger partial charge in [0.15, 0.2) is 6.04 Å². The van der Waals surface area contributed by atoms with Crippen LogP contribution in [-0.2, 0) is 11.8 Å². The average molecular weight is 518 g/mol. The fourth-order valence-corrected chi connectivity index (χ4v) is 4.28. The zero-order chi connectivity index (χ0) is 27.6. The van der Waals surface area contributed by atoms with Crippen LogP contribution >= 0.6 is 0 Å². The SMILES string of the molecule is C=CC(=O)Nc1ccc(-c2c(C(NC(=O)c3ccccc3)C(F)(F)F)c3c(N)ncc(C#N)c3n2C)cc1. The Hall–Kier alpha value is -5.11. The number of nitrogens with two attached hydrogens (primary N) is 1. The van der Waals surface area contributed by atoms with Crippen LogP contribution in [0.5, 0.6) is 0 Å². The Kier molecular flexibility index (Phi) is 6.90. The number of pyridine rings is 1. The summed E-state index contributed by atoms with van der Waals surface area (Å²) >= 11 is 0. The minimum atomic E-state index is -4.94. The number of hydrogen-bond donors (Lipinski definition) is 3. The molecule has 2 aromatic heterocycles. The van der Waals surface area contributed by atoms with E-state index in [1.807, 2.05) is 6.07 Å². The predicted molar refractivity (Wildman–Crippen MR) is 137 cm³/mol. The van der Waals surface area contributed by atoms with Gasteiger partial charge in [-0.15, -0.1) is 0 Å². The van der Waals surface area contributed by atoms with Gasteiger partial charge in [0.25, 0.3) is 5.91 Å². The lowest BCUT2D eigenvalue weighted by molar-refractivity contribution is -0.154. The van der Waals surface area contributed by atoms with Crippen LogP contribution in [0.15, 0.2) is 73.4 Å². The zero-order valence-electron chi connectivity index (χ0n) is 20.0. The number of hydrogen-bond acceptors (Lipinski definition) is 5. The molecule has 0 bridgehead atoms. The Labute approximate surface area is 215 Å². The third-order valence-corrected chi connectivity index (χ3v) is 5.94. The smallest absolute Gasteiger partial charge is 0.383 e. The summed E-state index contributed by atoms with van der Waals surface area (Å²) in [5.41, 5.74) is 6.69. The van der Waals surface area contributed by atoms with Crippen molar-refractivity contribution in [2.75, 3.05) is 11.1 Å². The van der Waals surface area contributed by atoms with Crippen LogP contribution in [0.2, 0.25) is 0 Å². The second-order valence-corrected chi connectivity index (χ2v) is 8.30. The molecule has 8 nitrogen and oxygen atoms in total. The first kappa shape index (κ1) is 26.0. The van der Waals surface area contributed by atoms with Crippen molar-refractivity contribution in [2.24, 2.45) is 7.05 Å². The number of fused-ring (bicyclic) bond motifs is 1. The molecule has 1 unspecified atom stereocenters. The molecule has 0 radical (unpaired) electrons. The van der Waals surface area contributed by atoms with Crippen molar-refractivity contribution < 1.29 is 22.8 Å². The van der Waals surface area contributed by atoms with Gasteiger partial charge in [-0.2, -0.15) is 18.4 Å². The summed E-state index contributed by atoms with van der Waals surface area (Å²) in [5.74, 6) is -1.63. The molecular weight excluding hydrogens is 497 g/mol. The van der Waals surface area contributed by atoms with Crippen LogP contribution < -0.4 is 16.4 Å².